The minimum atomic E-state index is -1.21. The van der Waals surface area contributed by atoms with Gasteiger partial charge in [-0.25, -0.2) is 4.79 Å². The molecule has 3 fully saturated rings. The van der Waals surface area contributed by atoms with Crippen molar-refractivity contribution < 1.29 is 38.8 Å². The third-order valence-corrected chi connectivity index (χ3v) is 10.8. The predicted octanol–water partition coefficient (Wildman–Crippen LogP) is 4.13. The Labute approximate surface area is 252 Å². The number of fused-ring (bicyclic) bond motifs is 4. The maximum Gasteiger partial charge on any atom is 0.340 e. The van der Waals surface area contributed by atoms with E-state index < -0.39 is 52.6 Å². The second-order valence-corrected chi connectivity index (χ2v) is 13.1. The first-order valence-corrected chi connectivity index (χ1v) is 15.3. The molecule has 1 saturated carbocycles. The lowest BCUT2D eigenvalue weighted by atomic mass is 9.53. The highest BCUT2D eigenvalue weighted by Gasteiger charge is 2.64. The number of nitrogens with zero attached hydrogens (tertiary/aromatic N) is 1. The molecule has 2 N–H and O–H groups in total. The molecule has 2 heterocycles. The number of aliphatic hydroxyl groups is 2. The van der Waals surface area contributed by atoms with E-state index >= 15 is 0 Å². The number of ether oxygens (including phenoxy) is 3. The van der Waals surface area contributed by atoms with E-state index in [1.54, 1.807) is 6.20 Å². The summed E-state index contributed by atoms with van der Waals surface area (Å²) in [6.45, 7) is 6.48. The lowest BCUT2D eigenvalue weighted by Gasteiger charge is -2.54. The van der Waals surface area contributed by atoms with Crippen molar-refractivity contribution in [1.29, 1.82) is 0 Å². The fourth-order valence-corrected chi connectivity index (χ4v) is 8.54. The monoisotopic (exact) mass is 591 g/mol. The average molecular weight is 592 g/mol. The number of cyclic esters (lactones) is 1. The fourth-order valence-electron chi connectivity index (χ4n) is 8.54. The third-order valence-electron chi connectivity index (χ3n) is 10.8. The number of esters is 2. The number of ketones is 1. The van der Waals surface area contributed by atoms with Crippen molar-refractivity contribution in [3.63, 3.8) is 0 Å². The van der Waals surface area contributed by atoms with E-state index in [2.05, 4.69) is 17.0 Å². The highest BCUT2D eigenvalue weighted by molar-refractivity contribution is 6.13. The first-order chi connectivity index (χ1) is 20.5. The Kier molecular flexibility index (Phi) is 7.53. The van der Waals surface area contributed by atoms with Crippen molar-refractivity contribution in [3.8, 4) is 0 Å². The molecule has 5 aliphatic rings. The summed E-state index contributed by atoms with van der Waals surface area (Å²) in [5, 5.41) is 22.7. The minimum absolute atomic E-state index is 0.0110. The van der Waals surface area contributed by atoms with Gasteiger partial charge in [-0.15, -0.1) is 0 Å². The number of carbonyl (C=O) groups is 3. The molecular weight excluding hydrogens is 550 g/mol. The maximum atomic E-state index is 14.2. The summed E-state index contributed by atoms with van der Waals surface area (Å²) in [6, 6.07) is 10.4. The molecule has 0 radical (unpaired) electrons. The van der Waals surface area contributed by atoms with Crippen molar-refractivity contribution >= 4 is 17.7 Å². The van der Waals surface area contributed by atoms with Crippen LogP contribution >= 0.6 is 0 Å². The zero-order valence-electron chi connectivity index (χ0n) is 25.3. The van der Waals surface area contributed by atoms with Gasteiger partial charge < -0.3 is 29.3 Å². The molecule has 0 unspecified atom stereocenters. The molecule has 2 saturated heterocycles. The van der Waals surface area contributed by atoms with Gasteiger partial charge in [0, 0.05) is 49.9 Å². The Morgan fingerprint density at radius 1 is 1.12 bits per heavy atom. The van der Waals surface area contributed by atoms with Gasteiger partial charge in [0.2, 0.25) is 5.78 Å². The van der Waals surface area contributed by atoms with Gasteiger partial charge in [-0.2, -0.15) is 0 Å². The SMILES string of the molecule is COC[C@H]1OC(=O)/C(=C/N2CCC(c3ccccc3)CC2)C2=C(O)C(=O)C3=C([C@H](OC(C)=O)C[C@]4(C)[C@@H](O)CC[C@@H]34)[C@]21C. The quantitative estimate of drug-likeness (QED) is 0.384. The molecule has 9 nitrogen and oxygen atoms in total. The molecule has 3 aliphatic carbocycles. The predicted molar refractivity (Wildman–Crippen MR) is 157 cm³/mol. The molecular formula is C34H41NO8. The highest BCUT2D eigenvalue weighted by atomic mass is 16.6. The van der Waals surface area contributed by atoms with Crippen LogP contribution in [-0.4, -0.2) is 78.0 Å². The number of rotatable bonds is 5. The smallest absolute Gasteiger partial charge is 0.340 e. The molecule has 1 aromatic carbocycles. The van der Waals surface area contributed by atoms with Crippen LogP contribution in [0.3, 0.4) is 0 Å². The average Bonchev–Trinajstić information content (AvgIpc) is 3.27. The highest BCUT2D eigenvalue weighted by Crippen LogP contribution is 2.63. The van der Waals surface area contributed by atoms with Gasteiger partial charge in [0.1, 0.15) is 12.2 Å². The van der Waals surface area contributed by atoms with E-state index in [1.165, 1.54) is 19.6 Å². The topological polar surface area (TPSA) is 123 Å². The van der Waals surface area contributed by atoms with Crippen LogP contribution in [0.15, 0.2) is 64.6 Å². The molecule has 230 valence electrons. The number of carbonyl (C=O) groups excluding carboxylic acids is 3. The summed E-state index contributed by atoms with van der Waals surface area (Å²) in [5.41, 5.74) is 0.596. The molecule has 0 amide bonds. The lowest BCUT2D eigenvalue weighted by molar-refractivity contribution is -0.161. The number of aliphatic hydroxyl groups excluding tert-OH is 2. The number of allylic oxidation sites excluding steroid dienone is 1. The van der Waals surface area contributed by atoms with Crippen LogP contribution < -0.4 is 0 Å². The third kappa shape index (κ3) is 4.63. The molecule has 9 heteroatoms. The van der Waals surface area contributed by atoms with Gasteiger partial charge in [0.25, 0.3) is 0 Å². The van der Waals surface area contributed by atoms with Crippen LogP contribution in [0.5, 0.6) is 0 Å². The minimum Gasteiger partial charge on any atom is -0.504 e. The Morgan fingerprint density at radius 2 is 1.81 bits per heavy atom. The van der Waals surface area contributed by atoms with E-state index in [-0.39, 0.29) is 23.7 Å². The Morgan fingerprint density at radius 3 is 2.47 bits per heavy atom. The second-order valence-electron chi connectivity index (χ2n) is 13.1. The van der Waals surface area contributed by atoms with Gasteiger partial charge in [-0.1, -0.05) is 37.3 Å². The fraction of sp³-hybridized carbons (Fsp3) is 0.559. The Balaban J connectivity index is 1.44. The van der Waals surface area contributed by atoms with Crippen molar-refractivity contribution in [2.24, 2.45) is 16.7 Å². The number of hydrogen-bond donors (Lipinski definition) is 2. The number of piperidine rings is 1. The van der Waals surface area contributed by atoms with Crippen LogP contribution in [0.1, 0.15) is 64.4 Å². The summed E-state index contributed by atoms with van der Waals surface area (Å²) < 4.78 is 17.4. The first-order valence-electron chi connectivity index (χ1n) is 15.3. The number of methoxy groups -OCH3 is 1. The normalized spacial score (nSPS) is 35.5. The zero-order valence-corrected chi connectivity index (χ0v) is 25.3. The van der Waals surface area contributed by atoms with Crippen molar-refractivity contribution in [2.45, 2.75) is 77.1 Å². The van der Waals surface area contributed by atoms with Crippen LogP contribution in [0.25, 0.3) is 0 Å². The standard InChI is InChI=1S/C34H41NO8/c1-19(36)42-24-16-33(2)23(10-11-25(33)37)27-29(24)34(3)26(18-41-4)43-32(40)22(28(34)31(39)30(27)38)17-35-14-12-21(13-15-35)20-8-6-5-7-9-20/h5-9,17,21,23-26,37,39H,10-16,18H2,1-4H3/b22-17+/t23-,24+,25-,26+,33-,34-/m0/s1. The van der Waals surface area contributed by atoms with Gasteiger partial charge in [-0.05, 0) is 62.0 Å². The molecule has 0 bridgehead atoms. The van der Waals surface area contributed by atoms with Crippen LogP contribution in [0.2, 0.25) is 0 Å². The Bertz CT molecular complexity index is 1420. The number of Topliss-reactive ketones (excluding diaryl/α,β-unsaturated/α-hetero) is 1. The second kappa shape index (κ2) is 10.9. The number of hydrogen-bond acceptors (Lipinski definition) is 9. The van der Waals surface area contributed by atoms with Crippen LogP contribution in [0, 0.1) is 16.7 Å². The molecule has 2 aliphatic heterocycles. The molecule has 6 atom stereocenters. The molecule has 43 heavy (non-hydrogen) atoms. The maximum absolute atomic E-state index is 14.2. The number of benzene rings is 1. The van der Waals surface area contributed by atoms with Crippen molar-refractivity contribution in [2.75, 3.05) is 26.8 Å². The molecule has 0 spiro atoms. The van der Waals surface area contributed by atoms with Gasteiger partial charge in [0.05, 0.1) is 23.7 Å². The van der Waals surface area contributed by atoms with Gasteiger partial charge >= 0.3 is 11.9 Å². The molecule has 6 rings (SSSR count). The van der Waals surface area contributed by atoms with E-state index in [1.807, 2.05) is 32.0 Å². The summed E-state index contributed by atoms with van der Waals surface area (Å²) in [6.07, 6.45) is 2.45. The molecule has 0 aromatic heterocycles. The van der Waals surface area contributed by atoms with Crippen molar-refractivity contribution in [3.05, 3.63) is 70.1 Å². The first kappa shape index (κ1) is 29.6. The van der Waals surface area contributed by atoms with E-state index in [9.17, 15) is 24.6 Å². The van der Waals surface area contributed by atoms with E-state index in [0.29, 0.717) is 49.4 Å². The summed E-state index contributed by atoms with van der Waals surface area (Å²) in [5.74, 6) is -2.16. The van der Waals surface area contributed by atoms with Crippen molar-refractivity contribution in [1.82, 2.24) is 4.90 Å². The summed E-state index contributed by atoms with van der Waals surface area (Å²) in [4.78, 5) is 42.3. The largest absolute Gasteiger partial charge is 0.504 e. The number of likely N-dealkylation sites (tertiary alicyclic amines) is 1. The van der Waals surface area contributed by atoms with Gasteiger partial charge in [0.15, 0.2) is 5.76 Å². The van der Waals surface area contributed by atoms with E-state index in [0.717, 1.165) is 12.8 Å². The summed E-state index contributed by atoms with van der Waals surface area (Å²) in [7, 11) is 1.50. The molecule has 1 aromatic rings. The lowest BCUT2D eigenvalue weighted by Crippen LogP contribution is -2.57. The van der Waals surface area contributed by atoms with Gasteiger partial charge in [-0.3, -0.25) is 9.59 Å². The van der Waals surface area contributed by atoms with Crippen LogP contribution in [-0.2, 0) is 28.6 Å². The Hall–Kier alpha value is -3.43. The summed E-state index contributed by atoms with van der Waals surface area (Å²) >= 11 is 0. The zero-order chi connectivity index (χ0) is 30.7. The van der Waals surface area contributed by atoms with Crippen LogP contribution in [0.4, 0.5) is 0 Å². The van der Waals surface area contributed by atoms with E-state index in [4.69, 9.17) is 14.2 Å².